The molecule has 6 heteroatoms. The summed E-state index contributed by atoms with van der Waals surface area (Å²) in [5.41, 5.74) is 3.13. The van der Waals surface area contributed by atoms with E-state index in [1.54, 1.807) is 35.9 Å². The first-order chi connectivity index (χ1) is 14.5. The molecule has 0 radical (unpaired) electrons. The largest absolute Gasteiger partial charge is 0.497 e. The molecule has 0 bridgehead atoms. The van der Waals surface area contributed by atoms with Crippen LogP contribution >= 0.6 is 11.6 Å². The Bertz CT molecular complexity index is 1050. The molecular weight excluding hydrogens is 402 g/mol. The lowest BCUT2D eigenvalue weighted by atomic mass is 10.1. The topological polar surface area (TPSA) is 57.5 Å². The number of hydrogen-bond donors (Lipinski definition) is 0. The van der Waals surface area contributed by atoms with Gasteiger partial charge in [-0.1, -0.05) is 24.9 Å². The van der Waals surface area contributed by atoms with E-state index in [2.05, 4.69) is 0 Å². The quantitative estimate of drug-likeness (QED) is 0.440. The van der Waals surface area contributed by atoms with Crippen LogP contribution in [0.25, 0.3) is 10.9 Å². The summed E-state index contributed by atoms with van der Waals surface area (Å²) in [6.07, 6.45) is 2.73. The summed E-state index contributed by atoms with van der Waals surface area (Å²) >= 11 is 5.97. The van der Waals surface area contributed by atoms with Gasteiger partial charge in [0, 0.05) is 34.5 Å². The van der Waals surface area contributed by atoms with E-state index in [0.29, 0.717) is 29.2 Å². The van der Waals surface area contributed by atoms with Crippen LogP contribution in [0, 0.1) is 6.92 Å². The van der Waals surface area contributed by atoms with Crippen molar-refractivity contribution in [1.82, 2.24) is 4.57 Å². The highest BCUT2D eigenvalue weighted by Gasteiger charge is 2.20. The molecule has 0 saturated carbocycles. The number of unbranched alkanes of at least 4 members (excludes halogenated alkanes) is 1. The SMILES string of the molecule is CCCCC(=O)OCCc1c(C)n(C(=O)c2ccc(Cl)cc2)c2ccc(OC)cc12. The van der Waals surface area contributed by atoms with Crippen LogP contribution in [0.15, 0.2) is 42.5 Å². The molecule has 0 N–H and O–H groups in total. The molecule has 0 atom stereocenters. The average Bonchev–Trinajstić information content (AvgIpc) is 3.03. The van der Waals surface area contributed by atoms with Crippen molar-refractivity contribution in [2.75, 3.05) is 13.7 Å². The fourth-order valence-electron chi connectivity index (χ4n) is 3.55. The van der Waals surface area contributed by atoms with Gasteiger partial charge in [0.2, 0.25) is 0 Å². The van der Waals surface area contributed by atoms with Gasteiger partial charge in [-0.3, -0.25) is 14.2 Å². The molecule has 0 fully saturated rings. The Morgan fingerprint density at radius 2 is 1.83 bits per heavy atom. The molecule has 158 valence electrons. The van der Waals surface area contributed by atoms with Crippen LogP contribution in [-0.4, -0.2) is 30.2 Å². The van der Waals surface area contributed by atoms with Gasteiger partial charge in [-0.2, -0.15) is 0 Å². The predicted molar refractivity (Wildman–Crippen MR) is 119 cm³/mol. The molecule has 1 heterocycles. The second kappa shape index (κ2) is 9.81. The minimum atomic E-state index is -0.187. The number of carbonyl (C=O) groups is 2. The summed E-state index contributed by atoms with van der Waals surface area (Å²) < 4.78 is 12.5. The van der Waals surface area contributed by atoms with E-state index in [1.165, 1.54) is 0 Å². The highest BCUT2D eigenvalue weighted by molar-refractivity contribution is 6.30. The first-order valence-corrected chi connectivity index (χ1v) is 10.5. The molecule has 0 spiro atoms. The van der Waals surface area contributed by atoms with Gasteiger partial charge >= 0.3 is 5.97 Å². The smallest absolute Gasteiger partial charge is 0.305 e. The molecule has 5 nitrogen and oxygen atoms in total. The number of ether oxygens (including phenoxy) is 2. The van der Waals surface area contributed by atoms with E-state index in [4.69, 9.17) is 21.1 Å². The van der Waals surface area contributed by atoms with Crippen LogP contribution in [0.5, 0.6) is 5.75 Å². The maximum absolute atomic E-state index is 13.3. The van der Waals surface area contributed by atoms with Gasteiger partial charge in [-0.25, -0.2) is 0 Å². The minimum Gasteiger partial charge on any atom is -0.497 e. The maximum Gasteiger partial charge on any atom is 0.305 e. The number of hydrogen-bond acceptors (Lipinski definition) is 4. The number of aromatic nitrogens is 1. The summed E-state index contributed by atoms with van der Waals surface area (Å²) in [6.45, 7) is 4.22. The molecule has 3 rings (SSSR count). The Morgan fingerprint density at radius 1 is 1.10 bits per heavy atom. The Hall–Kier alpha value is -2.79. The van der Waals surface area contributed by atoms with Crippen LogP contribution in [0.4, 0.5) is 0 Å². The second-order valence-electron chi connectivity index (χ2n) is 7.17. The third kappa shape index (κ3) is 4.68. The summed E-state index contributed by atoms with van der Waals surface area (Å²) in [5.74, 6) is 0.387. The summed E-state index contributed by atoms with van der Waals surface area (Å²) in [6, 6.07) is 12.5. The molecular formula is C24H26ClNO4. The van der Waals surface area contributed by atoms with E-state index < -0.39 is 0 Å². The third-order valence-corrected chi connectivity index (χ3v) is 5.44. The zero-order chi connectivity index (χ0) is 21.7. The Labute approximate surface area is 181 Å². The molecule has 2 aromatic carbocycles. The number of halogens is 1. The van der Waals surface area contributed by atoms with Crippen molar-refractivity contribution >= 4 is 34.4 Å². The molecule has 3 aromatic rings. The number of carbonyl (C=O) groups excluding carboxylic acids is 2. The molecule has 0 saturated heterocycles. The third-order valence-electron chi connectivity index (χ3n) is 5.19. The Kier molecular flexibility index (Phi) is 7.16. The number of fused-ring (bicyclic) bond motifs is 1. The minimum absolute atomic E-state index is 0.134. The Morgan fingerprint density at radius 3 is 2.50 bits per heavy atom. The first kappa shape index (κ1) is 21.9. The standard InChI is InChI=1S/C24H26ClNO4/c1-4-5-6-23(27)30-14-13-20-16(2)26(22-12-11-19(29-3)15-21(20)22)24(28)17-7-9-18(25)10-8-17/h7-12,15H,4-6,13-14H2,1-3H3. The number of benzene rings is 2. The van der Waals surface area contributed by atoms with Crippen molar-refractivity contribution in [3.05, 3.63) is 64.3 Å². The fraction of sp³-hybridized carbons (Fsp3) is 0.333. The summed E-state index contributed by atoms with van der Waals surface area (Å²) in [4.78, 5) is 25.1. The zero-order valence-electron chi connectivity index (χ0n) is 17.5. The normalized spacial score (nSPS) is 10.9. The van der Waals surface area contributed by atoms with Crippen LogP contribution in [0.3, 0.4) is 0 Å². The van der Waals surface area contributed by atoms with E-state index in [1.807, 2.05) is 32.0 Å². The number of methoxy groups -OCH3 is 1. The van der Waals surface area contributed by atoms with E-state index in [9.17, 15) is 9.59 Å². The van der Waals surface area contributed by atoms with E-state index in [0.717, 1.165) is 35.0 Å². The molecule has 0 aliphatic carbocycles. The summed E-state index contributed by atoms with van der Waals surface area (Å²) in [5, 5.41) is 1.50. The second-order valence-corrected chi connectivity index (χ2v) is 7.60. The van der Waals surface area contributed by atoms with Gasteiger partial charge in [-0.05, 0) is 61.4 Å². The van der Waals surface area contributed by atoms with Gasteiger partial charge < -0.3 is 9.47 Å². The number of nitrogens with zero attached hydrogens (tertiary/aromatic N) is 1. The number of esters is 1. The Balaban J connectivity index is 1.95. The monoisotopic (exact) mass is 427 g/mol. The van der Waals surface area contributed by atoms with E-state index in [-0.39, 0.29) is 18.5 Å². The van der Waals surface area contributed by atoms with Crippen molar-refractivity contribution in [2.24, 2.45) is 0 Å². The van der Waals surface area contributed by atoms with Gasteiger partial charge in [0.25, 0.3) is 5.91 Å². The van der Waals surface area contributed by atoms with Crippen molar-refractivity contribution < 1.29 is 19.1 Å². The maximum atomic E-state index is 13.3. The molecule has 30 heavy (non-hydrogen) atoms. The van der Waals surface area contributed by atoms with Crippen LogP contribution in [-0.2, 0) is 16.0 Å². The van der Waals surface area contributed by atoms with Crippen molar-refractivity contribution in [3.8, 4) is 5.75 Å². The van der Waals surface area contributed by atoms with Crippen molar-refractivity contribution in [1.29, 1.82) is 0 Å². The van der Waals surface area contributed by atoms with E-state index >= 15 is 0 Å². The van der Waals surface area contributed by atoms with Gasteiger partial charge in [0.15, 0.2) is 0 Å². The molecule has 0 aliphatic rings. The molecule has 0 amide bonds. The van der Waals surface area contributed by atoms with Crippen molar-refractivity contribution in [3.63, 3.8) is 0 Å². The van der Waals surface area contributed by atoms with Crippen LogP contribution in [0.2, 0.25) is 5.02 Å². The highest BCUT2D eigenvalue weighted by atomic mass is 35.5. The first-order valence-electron chi connectivity index (χ1n) is 10.1. The fourth-order valence-corrected chi connectivity index (χ4v) is 3.67. The molecule has 0 unspecified atom stereocenters. The number of rotatable bonds is 8. The van der Waals surface area contributed by atoms with Crippen molar-refractivity contribution in [2.45, 2.75) is 39.5 Å². The lowest BCUT2D eigenvalue weighted by Crippen LogP contribution is -2.14. The lowest BCUT2D eigenvalue weighted by molar-refractivity contribution is -0.143. The predicted octanol–water partition coefficient (Wildman–Crippen LogP) is 5.58. The van der Waals surface area contributed by atoms with Gasteiger partial charge in [0.05, 0.1) is 19.2 Å². The molecule has 0 aliphatic heterocycles. The lowest BCUT2D eigenvalue weighted by Gasteiger charge is -2.08. The van der Waals surface area contributed by atoms with Crippen LogP contribution < -0.4 is 4.74 Å². The zero-order valence-corrected chi connectivity index (χ0v) is 18.3. The van der Waals surface area contributed by atoms with Gasteiger partial charge in [-0.15, -0.1) is 0 Å². The highest BCUT2D eigenvalue weighted by Crippen LogP contribution is 2.31. The van der Waals surface area contributed by atoms with Crippen LogP contribution in [0.1, 0.15) is 47.8 Å². The van der Waals surface area contributed by atoms with Gasteiger partial charge in [0.1, 0.15) is 5.75 Å². The molecule has 1 aromatic heterocycles. The average molecular weight is 428 g/mol. The summed E-state index contributed by atoms with van der Waals surface area (Å²) in [7, 11) is 1.61.